The minimum absolute atomic E-state index is 0.979. The van der Waals surface area contributed by atoms with E-state index in [1.807, 2.05) is 12.1 Å². The van der Waals surface area contributed by atoms with Gasteiger partial charge < -0.3 is 0 Å². The summed E-state index contributed by atoms with van der Waals surface area (Å²) in [6.07, 6.45) is 0. The van der Waals surface area contributed by atoms with Crippen molar-refractivity contribution < 1.29 is 0 Å². The standard InChI is InChI=1S/C32H24N2S/c1-21-22(2)30(28-19-15-26(16-20-28)24-11-7-4-8-12-24)32-31(33-35-34-32)29(21)27-17-13-25(14-18-27)23-9-5-3-6-10-23/h3-20H,1-2H3. The fraction of sp³-hybridized carbons (Fsp3) is 0.0625. The monoisotopic (exact) mass is 468 g/mol. The molecular formula is C32H24N2S. The first-order valence-electron chi connectivity index (χ1n) is 11.8. The zero-order chi connectivity index (χ0) is 23.8. The molecule has 0 aliphatic rings. The fourth-order valence-corrected chi connectivity index (χ4v) is 5.43. The molecule has 0 saturated heterocycles. The first kappa shape index (κ1) is 21.5. The van der Waals surface area contributed by atoms with Crippen LogP contribution in [0.3, 0.4) is 0 Å². The van der Waals surface area contributed by atoms with Crippen molar-refractivity contribution in [1.29, 1.82) is 0 Å². The molecule has 5 aromatic carbocycles. The van der Waals surface area contributed by atoms with Crippen molar-refractivity contribution >= 4 is 22.8 Å². The lowest BCUT2D eigenvalue weighted by Crippen LogP contribution is -1.95. The van der Waals surface area contributed by atoms with E-state index < -0.39 is 0 Å². The lowest BCUT2D eigenvalue weighted by atomic mass is 9.88. The summed E-state index contributed by atoms with van der Waals surface area (Å²) in [4.78, 5) is 0. The second kappa shape index (κ2) is 8.94. The first-order valence-corrected chi connectivity index (χ1v) is 12.5. The van der Waals surface area contributed by atoms with Crippen LogP contribution in [0, 0.1) is 13.8 Å². The number of nitrogens with zero attached hydrogens (tertiary/aromatic N) is 2. The van der Waals surface area contributed by atoms with Crippen molar-refractivity contribution in [3.05, 3.63) is 120 Å². The van der Waals surface area contributed by atoms with Crippen molar-refractivity contribution in [2.75, 3.05) is 0 Å². The van der Waals surface area contributed by atoms with E-state index in [0.29, 0.717) is 0 Å². The number of rotatable bonds is 4. The van der Waals surface area contributed by atoms with Crippen LogP contribution in [0.1, 0.15) is 11.1 Å². The minimum atomic E-state index is 0.979. The lowest BCUT2D eigenvalue weighted by molar-refractivity contribution is 1.35. The van der Waals surface area contributed by atoms with E-state index in [4.69, 9.17) is 8.75 Å². The summed E-state index contributed by atoms with van der Waals surface area (Å²) >= 11 is 1.29. The molecule has 0 unspecified atom stereocenters. The van der Waals surface area contributed by atoms with E-state index in [9.17, 15) is 0 Å². The van der Waals surface area contributed by atoms with Gasteiger partial charge in [-0.1, -0.05) is 109 Å². The summed E-state index contributed by atoms with van der Waals surface area (Å²) in [6.45, 7) is 4.41. The Labute approximate surface area is 209 Å². The van der Waals surface area contributed by atoms with Crippen LogP contribution in [-0.2, 0) is 0 Å². The van der Waals surface area contributed by atoms with Gasteiger partial charge in [-0.3, -0.25) is 0 Å². The van der Waals surface area contributed by atoms with E-state index in [2.05, 4.69) is 111 Å². The van der Waals surface area contributed by atoms with Crippen molar-refractivity contribution in [3.8, 4) is 44.5 Å². The third-order valence-corrected chi connectivity index (χ3v) is 7.36. The lowest BCUT2D eigenvalue weighted by Gasteiger charge is -2.16. The molecule has 1 aromatic heterocycles. The average Bonchev–Trinajstić information content (AvgIpc) is 3.40. The van der Waals surface area contributed by atoms with Crippen molar-refractivity contribution in [2.45, 2.75) is 13.8 Å². The van der Waals surface area contributed by atoms with Crippen LogP contribution in [0.25, 0.3) is 55.5 Å². The zero-order valence-corrected chi connectivity index (χ0v) is 20.5. The summed E-state index contributed by atoms with van der Waals surface area (Å²) in [7, 11) is 0. The molecule has 6 aromatic rings. The topological polar surface area (TPSA) is 25.8 Å². The molecule has 0 spiro atoms. The highest BCUT2D eigenvalue weighted by atomic mass is 32.1. The first-order chi connectivity index (χ1) is 17.2. The van der Waals surface area contributed by atoms with Crippen LogP contribution in [0.4, 0.5) is 0 Å². The summed E-state index contributed by atoms with van der Waals surface area (Å²) < 4.78 is 9.52. The van der Waals surface area contributed by atoms with Crippen LogP contribution in [0.15, 0.2) is 109 Å². The van der Waals surface area contributed by atoms with Crippen LogP contribution in [0.2, 0.25) is 0 Å². The largest absolute Gasteiger partial charge is 0.172 e. The highest BCUT2D eigenvalue weighted by molar-refractivity contribution is 7.00. The van der Waals surface area contributed by atoms with Crippen molar-refractivity contribution in [3.63, 3.8) is 0 Å². The van der Waals surface area contributed by atoms with Gasteiger partial charge in [-0.2, -0.15) is 8.75 Å². The maximum Gasteiger partial charge on any atom is 0.113 e. The molecule has 2 nitrogen and oxygen atoms in total. The Hall–Kier alpha value is -4.08. The predicted molar refractivity (Wildman–Crippen MR) is 149 cm³/mol. The SMILES string of the molecule is Cc1c(C)c(-c2ccc(-c3ccccc3)cc2)c2nsnc2c1-c1ccc(-c2ccccc2)cc1. The van der Waals surface area contributed by atoms with E-state index in [0.717, 1.165) is 11.0 Å². The van der Waals surface area contributed by atoms with E-state index in [-0.39, 0.29) is 0 Å². The van der Waals surface area contributed by atoms with Crippen LogP contribution in [0.5, 0.6) is 0 Å². The zero-order valence-electron chi connectivity index (χ0n) is 19.7. The quantitative estimate of drug-likeness (QED) is 0.258. The van der Waals surface area contributed by atoms with Crippen LogP contribution in [-0.4, -0.2) is 8.75 Å². The minimum Gasteiger partial charge on any atom is -0.172 e. The number of hydrogen-bond acceptors (Lipinski definition) is 3. The van der Waals surface area contributed by atoms with Crippen LogP contribution >= 0.6 is 11.7 Å². The average molecular weight is 469 g/mol. The predicted octanol–water partition coefficient (Wildman–Crippen LogP) is 8.98. The van der Waals surface area contributed by atoms with Gasteiger partial charge >= 0.3 is 0 Å². The molecule has 3 heteroatoms. The fourth-order valence-electron chi connectivity index (χ4n) is 4.87. The van der Waals surface area contributed by atoms with Gasteiger partial charge in [0, 0.05) is 11.1 Å². The number of aromatic nitrogens is 2. The molecule has 0 N–H and O–H groups in total. The van der Waals surface area contributed by atoms with Gasteiger partial charge in [-0.15, -0.1) is 0 Å². The normalized spacial score (nSPS) is 11.1. The summed E-state index contributed by atoms with van der Waals surface area (Å²) in [5.41, 5.74) is 14.0. The Morgan fingerprint density at radius 2 is 0.714 bits per heavy atom. The van der Waals surface area contributed by atoms with Gasteiger partial charge in [-0.25, -0.2) is 0 Å². The van der Waals surface area contributed by atoms with Gasteiger partial charge in [0.1, 0.15) is 11.0 Å². The molecule has 0 fully saturated rings. The van der Waals surface area contributed by atoms with Crippen LogP contribution < -0.4 is 0 Å². The second-order valence-electron chi connectivity index (χ2n) is 8.85. The Morgan fingerprint density at radius 3 is 1.09 bits per heavy atom. The van der Waals surface area contributed by atoms with E-state index in [1.54, 1.807) is 0 Å². The number of benzene rings is 5. The molecular weight excluding hydrogens is 444 g/mol. The van der Waals surface area contributed by atoms with Crippen molar-refractivity contribution in [2.24, 2.45) is 0 Å². The third-order valence-electron chi connectivity index (χ3n) is 6.84. The van der Waals surface area contributed by atoms with Gasteiger partial charge in [0.05, 0.1) is 11.7 Å². The molecule has 0 amide bonds. The second-order valence-corrected chi connectivity index (χ2v) is 9.38. The molecule has 6 rings (SSSR count). The molecule has 0 aliphatic carbocycles. The molecule has 0 radical (unpaired) electrons. The van der Waals surface area contributed by atoms with Gasteiger partial charge in [0.15, 0.2) is 0 Å². The number of hydrogen-bond donors (Lipinski definition) is 0. The summed E-state index contributed by atoms with van der Waals surface area (Å²) in [5.74, 6) is 0. The van der Waals surface area contributed by atoms with Gasteiger partial charge in [0.25, 0.3) is 0 Å². The maximum absolute atomic E-state index is 4.76. The molecule has 1 heterocycles. The molecule has 0 atom stereocenters. The molecule has 0 aliphatic heterocycles. The van der Waals surface area contributed by atoms with Gasteiger partial charge in [0.2, 0.25) is 0 Å². The number of fused-ring (bicyclic) bond motifs is 1. The highest BCUT2D eigenvalue weighted by Gasteiger charge is 2.20. The summed E-state index contributed by atoms with van der Waals surface area (Å²) in [6, 6.07) is 38.6. The molecule has 168 valence electrons. The Balaban J connectivity index is 1.44. The molecule has 0 bridgehead atoms. The van der Waals surface area contributed by atoms with E-state index >= 15 is 0 Å². The highest BCUT2D eigenvalue weighted by Crippen LogP contribution is 2.41. The van der Waals surface area contributed by atoms with Crippen molar-refractivity contribution in [1.82, 2.24) is 8.75 Å². The van der Waals surface area contributed by atoms with E-state index in [1.165, 1.54) is 67.4 Å². The summed E-state index contributed by atoms with van der Waals surface area (Å²) in [5, 5.41) is 0. The Kier molecular flexibility index (Phi) is 5.48. The molecule has 0 saturated carbocycles. The Bertz CT molecular complexity index is 1490. The van der Waals surface area contributed by atoms with Gasteiger partial charge in [-0.05, 0) is 58.4 Å². The maximum atomic E-state index is 4.76. The smallest absolute Gasteiger partial charge is 0.113 e. The third kappa shape index (κ3) is 3.84. The molecule has 35 heavy (non-hydrogen) atoms. The Morgan fingerprint density at radius 1 is 0.400 bits per heavy atom.